The summed E-state index contributed by atoms with van der Waals surface area (Å²) in [6.45, 7) is 8.73. The molecule has 0 saturated heterocycles. The van der Waals surface area contributed by atoms with Crippen molar-refractivity contribution in [2.75, 3.05) is 6.54 Å². The minimum atomic E-state index is -0.677. The van der Waals surface area contributed by atoms with Crippen LogP contribution in [-0.4, -0.2) is 23.7 Å². The first-order chi connectivity index (χ1) is 7.02. The van der Waals surface area contributed by atoms with Crippen LogP contribution in [0.15, 0.2) is 0 Å². The highest BCUT2D eigenvalue weighted by Gasteiger charge is 2.34. The lowest BCUT2D eigenvalue weighted by atomic mass is 9.82. The molecular weight excluding hydrogens is 190 g/mol. The van der Waals surface area contributed by atoms with Gasteiger partial charge in [0.2, 0.25) is 0 Å². The summed E-state index contributed by atoms with van der Waals surface area (Å²) in [6.07, 6.45) is 3.60. The van der Waals surface area contributed by atoms with Gasteiger partial charge in [-0.25, -0.2) is 0 Å². The van der Waals surface area contributed by atoms with E-state index in [0.717, 1.165) is 12.8 Å². The molecule has 0 amide bonds. The van der Waals surface area contributed by atoms with Crippen molar-refractivity contribution in [3.8, 4) is 0 Å². The zero-order valence-corrected chi connectivity index (χ0v) is 10.5. The summed E-state index contributed by atoms with van der Waals surface area (Å²) >= 11 is 0. The topological polar surface area (TPSA) is 49.3 Å². The molecule has 0 bridgehead atoms. The Hall–Kier alpha value is -0.570. The van der Waals surface area contributed by atoms with E-state index >= 15 is 0 Å². The highest BCUT2D eigenvalue weighted by molar-refractivity contribution is 5.74. The fourth-order valence-corrected chi connectivity index (χ4v) is 1.78. The van der Waals surface area contributed by atoms with Gasteiger partial charge in [-0.1, -0.05) is 27.2 Å². The van der Waals surface area contributed by atoms with Crippen molar-refractivity contribution >= 4 is 5.97 Å². The predicted octanol–water partition coefficient (Wildman–Crippen LogP) is 2.66. The zero-order chi connectivity index (χ0) is 11.9. The van der Waals surface area contributed by atoms with Gasteiger partial charge in [0, 0.05) is 12.6 Å². The van der Waals surface area contributed by atoms with E-state index in [1.165, 1.54) is 0 Å². The molecule has 0 aromatic heterocycles. The van der Waals surface area contributed by atoms with Gasteiger partial charge in [0.15, 0.2) is 0 Å². The Kier molecular flexibility index (Phi) is 6.57. The number of rotatable bonds is 8. The minimum Gasteiger partial charge on any atom is -0.481 e. The maximum Gasteiger partial charge on any atom is 0.310 e. The molecule has 90 valence electrons. The number of carboxylic acids is 1. The fraction of sp³-hybridized carbons (Fsp3) is 0.917. The summed E-state index contributed by atoms with van der Waals surface area (Å²) in [7, 11) is 0. The van der Waals surface area contributed by atoms with Crippen LogP contribution >= 0.6 is 0 Å². The molecule has 0 aromatic rings. The summed E-state index contributed by atoms with van der Waals surface area (Å²) in [6, 6.07) is 0.409. The predicted molar refractivity (Wildman–Crippen MR) is 63.0 cm³/mol. The zero-order valence-electron chi connectivity index (χ0n) is 10.5. The molecule has 2 N–H and O–H groups in total. The average Bonchev–Trinajstić information content (AvgIpc) is 2.20. The summed E-state index contributed by atoms with van der Waals surface area (Å²) in [4.78, 5) is 11.2. The van der Waals surface area contributed by atoms with E-state index in [-0.39, 0.29) is 0 Å². The van der Waals surface area contributed by atoms with Crippen LogP contribution < -0.4 is 5.32 Å². The van der Waals surface area contributed by atoms with Crippen molar-refractivity contribution in [1.82, 2.24) is 5.32 Å². The second-order valence-electron chi connectivity index (χ2n) is 4.36. The highest BCUT2D eigenvalue weighted by Crippen LogP contribution is 2.25. The van der Waals surface area contributed by atoms with E-state index < -0.39 is 11.4 Å². The van der Waals surface area contributed by atoms with Crippen molar-refractivity contribution in [3.05, 3.63) is 0 Å². The maximum atomic E-state index is 11.2. The molecule has 0 aromatic carbocycles. The lowest BCUT2D eigenvalue weighted by Crippen LogP contribution is -2.43. The van der Waals surface area contributed by atoms with Crippen LogP contribution in [-0.2, 0) is 4.79 Å². The molecule has 3 nitrogen and oxygen atoms in total. The molecule has 0 aliphatic heterocycles. The van der Waals surface area contributed by atoms with Crippen molar-refractivity contribution in [2.45, 2.75) is 59.4 Å². The van der Waals surface area contributed by atoms with Gasteiger partial charge in [0.05, 0.1) is 5.41 Å². The third-order valence-electron chi connectivity index (χ3n) is 3.32. The molecule has 0 aliphatic carbocycles. The van der Waals surface area contributed by atoms with Crippen molar-refractivity contribution < 1.29 is 9.90 Å². The van der Waals surface area contributed by atoms with Crippen LogP contribution in [0.25, 0.3) is 0 Å². The average molecular weight is 215 g/mol. The van der Waals surface area contributed by atoms with Crippen LogP contribution in [0.1, 0.15) is 53.4 Å². The van der Waals surface area contributed by atoms with Gasteiger partial charge in [-0.05, 0) is 26.2 Å². The Bertz CT molecular complexity index is 188. The Balaban J connectivity index is 4.24. The van der Waals surface area contributed by atoms with E-state index in [4.69, 9.17) is 0 Å². The lowest BCUT2D eigenvalue weighted by molar-refractivity contribution is -0.149. The minimum absolute atomic E-state index is 0.409. The molecule has 0 heterocycles. The number of carbonyl (C=O) groups is 1. The van der Waals surface area contributed by atoms with Crippen LogP contribution in [0.2, 0.25) is 0 Å². The molecule has 0 rings (SSSR count). The van der Waals surface area contributed by atoms with Gasteiger partial charge in [-0.15, -0.1) is 0 Å². The number of aliphatic carboxylic acids is 1. The van der Waals surface area contributed by atoms with E-state index in [0.29, 0.717) is 25.4 Å². The molecule has 0 spiro atoms. The lowest BCUT2D eigenvalue weighted by Gasteiger charge is -2.28. The molecule has 0 saturated carbocycles. The number of nitrogens with one attached hydrogen (secondary N) is 1. The first-order valence-corrected chi connectivity index (χ1v) is 5.99. The SMILES string of the molecule is CCCC(C)NCC(CC)(CC)C(=O)O. The van der Waals surface area contributed by atoms with Crippen molar-refractivity contribution in [1.29, 1.82) is 0 Å². The summed E-state index contributed by atoms with van der Waals surface area (Å²) < 4.78 is 0. The van der Waals surface area contributed by atoms with Crippen molar-refractivity contribution in [2.24, 2.45) is 5.41 Å². The Labute approximate surface area is 93.3 Å². The third-order valence-corrected chi connectivity index (χ3v) is 3.32. The smallest absolute Gasteiger partial charge is 0.310 e. The largest absolute Gasteiger partial charge is 0.481 e. The van der Waals surface area contributed by atoms with Crippen molar-refractivity contribution in [3.63, 3.8) is 0 Å². The van der Waals surface area contributed by atoms with Gasteiger partial charge >= 0.3 is 5.97 Å². The molecule has 1 atom stereocenters. The van der Waals surface area contributed by atoms with Gasteiger partial charge in [-0.3, -0.25) is 4.79 Å². The van der Waals surface area contributed by atoms with Gasteiger partial charge < -0.3 is 10.4 Å². The molecule has 0 fully saturated rings. The number of carboxylic acid groups (broad SMARTS) is 1. The molecule has 1 unspecified atom stereocenters. The maximum absolute atomic E-state index is 11.2. The molecule has 0 aliphatic rings. The van der Waals surface area contributed by atoms with E-state index in [9.17, 15) is 9.90 Å². The summed E-state index contributed by atoms with van der Waals surface area (Å²) in [5.74, 6) is -0.677. The van der Waals surface area contributed by atoms with Gasteiger partial charge in [0.25, 0.3) is 0 Å². The molecule has 15 heavy (non-hydrogen) atoms. The Morgan fingerprint density at radius 3 is 2.20 bits per heavy atom. The van der Waals surface area contributed by atoms with Gasteiger partial charge in [-0.2, -0.15) is 0 Å². The standard InChI is InChI=1S/C12H25NO2/c1-5-8-10(4)13-9-12(6-2,7-3)11(14)15/h10,13H,5-9H2,1-4H3,(H,14,15). The van der Waals surface area contributed by atoms with E-state index in [2.05, 4.69) is 19.2 Å². The Morgan fingerprint density at radius 2 is 1.87 bits per heavy atom. The quantitative estimate of drug-likeness (QED) is 0.654. The molecular formula is C12H25NO2. The van der Waals surface area contributed by atoms with Crippen LogP contribution in [0.5, 0.6) is 0 Å². The van der Waals surface area contributed by atoms with E-state index in [1.54, 1.807) is 0 Å². The summed E-state index contributed by atoms with van der Waals surface area (Å²) in [5, 5.41) is 12.6. The first-order valence-electron chi connectivity index (χ1n) is 5.99. The normalized spacial score (nSPS) is 13.9. The molecule has 3 heteroatoms. The second kappa shape index (κ2) is 6.83. The Morgan fingerprint density at radius 1 is 1.33 bits per heavy atom. The van der Waals surface area contributed by atoms with Crippen LogP contribution in [0, 0.1) is 5.41 Å². The summed E-state index contributed by atoms with van der Waals surface area (Å²) in [5.41, 5.74) is -0.581. The number of hydrogen-bond acceptors (Lipinski definition) is 2. The first kappa shape index (κ1) is 14.4. The van der Waals surface area contributed by atoms with Gasteiger partial charge in [0.1, 0.15) is 0 Å². The van der Waals surface area contributed by atoms with Crippen LogP contribution in [0.4, 0.5) is 0 Å². The monoisotopic (exact) mass is 215 g/mol. The van der Waals surface area contributed by atoms with Crippen LogP contribution in [0.3, 0.4) is 0 Å². The highest BCUT2D eigenvalue weighted by atomic mass is 16.4. The molecule has 0 radical (unpaired) electrons. The fourth-order valence-electron chi connectivity index (χ4n) is 1.78. The van der Waals surface area contributed by atoms with E-state index in [1.807, 2.05) is 13.8 Å². The number of hydrogen-bond donors (Lipinski definition) is 2. The third kappa shape index (κ3) is 4.20. The second-order valence-corrected chi connectivity index (χ2v) is 4.36.